The molecule has 2 aliphatic heterocycles. The highest BCUT2D eigenvalue weighted by Crippen LogP contribution is 2.37. The minimum absolute atomic E-state index is 0.186. The lowest BCUT2D eigenvalue weighted by Crippen LogP contribution is -2.50. The van der Waals surface area contributed by atoms with Crippen LogP contribution in [0.5, 0.6) is 0 Å². The van der Waals surface area contributed by atoms with Crippen molar-refractivity contribution in [3.63, 3.8) is 0 Å². The second kappa shape index (κ2) is 5.07. The molecule has 0 aliphatic carbocycles. The monoisotopic (exact) mass is 303 g/mol. The average molecular weight is 303 g/mol. The molecule has 2 heterocycles. The van der Waals surface area contributed by atoms with Crippen molar-refractivity contribution >= 4 is 17.5 Å². The van der Waals surface area contributed by atoms with Gasteiger partial charge >= 0.3 is 6.09 Å². The highest BCUT2D eigenvalue weighted by molar-refractivity contribution is 5.71. The number of hydrogen-bond acceptors (Lipinski definition) is 4. The van der Waals surface area contributed by atoms with Gasteiger partial charge in [0.15, 0.2) is 0 Å². The topological polar surface area (TPSA) is 58.8 Å². The summed E-state index contributed by atoms with van der Waals surface area (Å²) in [6.45, 7) is 9.41. The third kappa shape index (κ3) is 2.72. The van der Waals surface area contributed by atoms with Crippen LogP contribution < -0.4 is 10.6 Å². The predicted octanol–water partition coefficient (Wildman–Crippen LogP) is 2.78. The molecule has 2 atom stereocenters. The normalized spacial score (nSPS) is 24.0. The molecular formula is C17H25N3O2. The second-order valence-corrected chi connectivity index (χ2v) is 7.37. The molecule has 0 spiro atoms. The maximum atomic E-state index is 12.3. The molecule has 2 N–H and O–H groups in total. The van der Waals surface area contributed by atoms with Crippen LogP contribution in [0.1, 0.15) is 32.8 Å². The molecule has 2 fully saturated rings. The van der Waals surface area contributed by atoms with Crippen LogP contribution >= 0.6 is 0 Å². The van der Waals surface area contributed by atoms with E-state index in [2.05, 4.69) is 17.9 Å². The van der Waals surface area contributed by atoms with Gasteiger partial charge in [-0.1, -0.05) is 0 Å². The van der Waals surface area contributed by atoms with E-state index in [1.807, 2.05) is 37.8 Å². The molecule has 120 valence electrons. The van der Waals surface area contributed by atoms with Gasteiger partial charge in [-0.25, -0.2) is 4.79 Å². The molecule has 2 bridgehead atoms. The van der Waals surface area contributed by atoms with Gasteiger partial charge < -0.3 is 20.3 Å². The minimum atomic E-state index is -0.438. The molecule has 0 aromatic heterocycles. The van der Waals surface area contributed by atoms with E-state index in [-0.39, 0.29) is 12.1 Å². The van der Waals surface area contributed by atoms with E-state index in [9.17, 15) is 4.79 Å². The second-order valence-electron chi connectivity index (χ2n) is 7.37. The molecule has 2 aliphatic rings. The number of rotatable bonds is 1. The zero-order chi connectivity index (χ0) is 16.1. The van der Waals surface area contributed by atoms with Crippen molar-refractivity contribution in [3.8, 4) is 0 Å². The van der Waals surface area contributed by atoms with Gasteiger partial charge in [-0.05, 0) is 57.9 Å². The maximum Gasteiger partial charge on any atom is 0.410 e. The first-order chi connectivity index (χ1) is 10.2. The summed E-state index contributed by atoms with van der Waals surface area (Å²) in [4.78, 5) is 16.6. The van der Waals surface area contributed by atoms with E-state index in [0.29, 0.717) is 6.04 Å². The summed E-state index contributed by atoms with van der Waals surface area (Å²) in [5.41, 5.74) is 8.61. The number of carbonyl (C=O) groups is 1. The van der Waals surface area contributed by atoms with Crippen LogP contribution in [0.15, 0.2) is 18.2 Å². The lowest BCUT2D eigenvalue weighted by Gasteiger charge is -2.37. The maximum absolute atomic E-state index is 12.3. The summed E-state index contributed by atoms with van der Waals surface area (Å²) >= 11 is 0. The molecule has 0 unspecified atom stereocenters. The van der Waals surface area contributed by atoms with Crippen molar-refractivity contribution in [2.75, 3.05) is 23.7 Å². The van der Waals surface area contributed by atoms with E-state index in [1.54, 1.807) is 0 Å². The average Bonchev–Trinajstić information content (AvgIpc) is 2.96. The van der Waals surface area contributed by atoms with Crippen LogP contribution in [-0.2, 0) is 4.74 Å². The van der Waals surface area contributed by atoms with Crippen LogP contribution in [0, 0.1) is 6.92 Å². The van der Waals surface area contributed by atoms with Gasteiger partial charge in [-0.2, -0.15) is 0 Å². The van der Waals surface area contributed by atoms with E-state index in [4.69, 9.17) is 10.5 Å². The Labute approximate surface area is 132 Å². The summed E-state index contributed by atoms with van der Waals surface area (Å²) in [5, 5.41) is 0. The van der Waals surface area contributed by atoms with Crippen molar-refractivity contribution in [1.29, 1.82) is 0 Å². The number of amides is 1. The molecule has 3 rings (SSSR count). The van der Waals surface area contributed by atoms with Gasteiger partial charge in [0.1, 0.15) is 5.60 Å². The highest BCUT2D eigenvalue weighted by atomic mass is 16.6. The van der Waals surface area contributed by atoms with E-state index in [1.165, 1.54) is 11.3 Å². The summed E-state index contributed by atoms with van der Waals surface area (Å²) in [5.74, 6) is 0. The summed E-state index contributed by atoms with van der Waals surface area (Å²) < 4.78 is 5.51. The quantitative estimate of drug-likeness (QED) is 0.811. The van der Waals surface area contributed by atoms with Gasteiger partial charge in [0, 0.05) is 30.5 Å². The molecular weight excluding hydrogens is 278 g/mol. The third-order valence-corrected chi connectivity index (χ3v) is 4.40. The molecule has 22 heavy (non-hydrogen) atoms. The fourth-order valence-electron chi connectivity index (χ4n) is 3.51. The first-order valence-electron chi connectivity index (χ1n) is 7.87. The van der Waals surface area contributed by atoms with E-state index < -0.39 is 5.60 Å². The molecule has 1 aromatic rings. The molecule has 5 nitrogen and oxygen atoms in total. The SMILES string of the molecule is Cc1cc(N)ccc1N1C[C@H]2C[C@@H]1CN2C(=O)OC(C)(C)C. The largest absolute Gasteiger partial charge is 0.444 e. The molecule has 0 radical (unpaired) electrons. The minimum Gasteiger partial charge on any atom is -0.444 e. The number of fused-ring (bicyclic) bond motifs is 2. The number of hydrogen-bond donors (Lipinski definition) is 1. The number of benzene rings is 1. The van der Waals surface area contributed by atoms with Crippen LogP contribution in [0.2, 0.25) is 0 Å². The number of nitrogens with two attached hydrogens (primary N) is 1. The Bertz CT molecular complexity index is 594. The lowest BCUT2D eigenvalue weighted by atomic mass is 10.1. The molecule has 5 heteroatoms. The number of anilines is 2. The Hall–Kier alpha value is -1.91. The smallest absolute Gasteiger partial charge is 0.410 e. The molecule has 0 saturated carbocycles. The number of ether oxygens (including phenoxy) is 1. The van der Waals surface area contributed by atoms with E-state index >= 15 is 0 Å². The predicted molar refractivity (Wildman–Crippen MR) is 88.1 cm³/mol. The Morgan fingerprint density at radius 3 is 2.55 bits per heavy atom. The Morgan fingerprint density at radius 1 is 1.27 bits per heavy atom. The lowest BCUT2D eigenvalue weighted by molar-refractivity contribution is 0.0215. The van der Waals surface area contributed by atoms with E-state index in [0.717, 1.165) is 25.2 Å². The third-order valence-electron chi connectivity index (χ3n) is 4.40. The van der Waals surface area contributed by atoms with Crippen molar-refractivity contribution in [1.82, 2.24) is 4.90 Å². The van der Waals surface area contributed by atoms with Crippen molar-refractivity contribution in [3.05, 3.63) is 23.8 Å². The van der Waals surface area contributed by atoms with Gasteiger partial charge in [0.2, 0.25) is 0 Å². The van der Waals surface area contributed by atoms with Gasteiger partial charge in [0.05, 0.1) is 6.04 Å². The number of piperazine rings is 1. The van der Waals surface area contributed by atoms with Crippen LogP contribution in [0.4, 0.5) is 16.2 Å². The summed E-state index contributed by atoms with van der Waals surface area (Å²) in [6.07, 6.45) is 0.831. The number of nitrogens with zero attached hydrogens (tertiary/aromatic N) is 2. The van der Waals surface area contributed by atoms with Gasteiger partial charge in [0.25, 0.3) is 0 Å². The number of nitrogen functional groups attached to an aromatic ring is 1. The van der Waals surface area contributed by atoms with Gasteiger partial charge in [-0.3, -0.25) is 0 Å². The number of likely N-dealkylation sites (tertiary alicyclic amines) is 1. The first kappa shape index (κ1) is 15.0. The molecule has 1 amide bonds. The fourth-order valence-corrected chi connectivity index (χ4v) is 3.51. The van der Waals surface area contributed by atoms with Crippen molar-refractivity contribution < 1.29 is 9.53 Å². The standard InChI is InChI=1S/C17H25N3O2/c1-11-7-12(18)5-6-15(11)19-9-14-8-13(19)10-20(14)16(21)22-17(2,3)4/h5-7,13-14H,8-10,18H2,1-4H3/t13-,14-/m1/s1. The van der Waals surface area contributed by atoms with Crippen LogP contribution in [0.25, 0.3) is 0 Å². The Morgan fingerprint density at radius 2 is 2.00 bits per heavy atom. The Kier molecular flexibility index (Phi) is 3.46. The number of carbonyl (C=O) groups excluding carboxylic acids is 1. The van der Waals surface area contributed by atoms with Crippen molar-refractivity contribution in [2.24, 2.45) is 0 Å². The highest BCUT2D eigenvalue weighted by Gasteiger charge is 2.46. The zero-order valence-electron chi connectivity index (χ0n) is 13.8. The van der Waals surface area contributed by atoms with Crippen molar-refractivity contribution in [2.45, 2.75) is 51.8 Å². The molecule has 2 saturated heterocycles. The van der Waals surface area contributed by atoms with Crippen LogP contribution in [0.3, 0.4) is 0 Å². The Balaban J connectivity index is 1.71. The summed E-state index contributed by atoms with van der Waals surface area (Å²) in [6, 6.07) is 6.66. The molecule has 1 aromatic carbocycles. The summed E-state index contributed by atoms with van der Waals surface area (Å²) in [7, 11) is 0. The van der Waals surface area contributed by atoms with Crippen LogP contribution in [-0.4, -0.2) is 41.8 Å². The fraction of sp³-hybridized carbons (Fsp3) is 0.588. The zero-order valence-corrected chi connectivity index (χ0v) is 13.8. The first-order valence-corrected chi connectivity index (χ1v) is 7.87. The van der Waals surface area contributed by atoms with Gasteiger partial charge in [-0.15, -0.1) is 0 Å². The number of aryl methyl sites for hydroxylation is 1.